The Morgan fingerprint density at radius 1 is 1.37 bits per heavy atom. The molecule has 1 amide bonds. The minimum Gasteiger partial charge on any atom is -0.454 e. The van der Waals surface area contributed by atoms with Crippen LogP contribution < -0.4 is 5.32 Å². The van der Waals surface area contributed by atoms with Gasteiger partial charge in [-0.05, 0) is 19.8 Å². The Morgan fingerprint density at radius 3 is 2.68 bits per heavy atom. The van der Waals surface area contributed by atoms with Gasteiger partial charge in [-0.25, -0.2) is 4.79 Å². The number of carbonyl (C=O) groups is 2. The van der Waals surface area contributed by atoms with Gasteiger partial charge in [0.15, 0.2) is 12.7 Å². The number of ether oxygens (including phenoxy) is 2. The number of rotatable bonds is 7. The number of hydrogen-bond donors (Lipinski definition) is 1. The fraction of sp³-hybridized carbons (Fsp3) is 0.714. The lowest BCUT2D eigenvalue weighted by Gasteiger charge is -2.22. The van der Waals surface area contributed by atoms with Crippen LogP contribution in [0.5, 0.6) is 0 Å². The van der Waals surface area contributed by atoms with E-state index in [9.17, 15) is 9.59 Å². The first-order chi connectivity index (χ1) is 9.13. The molecule has 0 spiro atoms. The van der Waals surface area contributed by atoms with E-state index >= 15 is 0 Å². The molecule has 1 atom stereocenters. The normalized spacial score (nSPS) is 17.5. The smallest absolute Gasteiger partial charge is 0.335 e. The summed E-state index contributed by atoms with van der Waals surface area (Å²) in [6, 6.07) is 0.231. The number of hydrogen-bond acceptors (Lipinski definition) is 4. The van der Waals surface area contributed by atoms with Crippen molar-refractivity contribution in [1.82, 2.24) is 5.32 Å². The first-order valence-electron chi connectivity index (χ1n) is 6.82. The largest absolute Gasteiger partial charge is 0.454 e. The standard InChI is InChI=1S/C14H23NO4/c1-3-9-18-11(2)14(17)19-10-13(16)15-12-7-5-4-6-8-12/h3,11-12H,1,4-10H2,2H3,(H,15,16). The van der Waals surface area contributed by atoms with Crippen LogP contribution in [0.4, 0.5) is 0 Å². The Morgan fingerprint density at radius 2 is 2.05 bits per heavy atom. The highest BCUT2D eigenvalue weighted by molar-refractivity contribution is 5.82. The highest BCUT2D eigenvalue weighted by Crippen LogP contribution is 2.17. The van der Waals surface area contributed by atoms with E-state index in [4.69, 9.17) is 9.47 Å². The molecule has 19 heavy (non-hydrogen) atoms. The third-order valence-corrected chi connectivity index (χ3v) is 3.11. The third-order valence-electron chi connectivity index (χ3n) is 3.11. The molecule has 1 fully saturated rings. The van der Waals surface area contributed by atoms with Crippen LogP contribution in [-0.2, 0) is 19.1 Å². The SMILES string of the molecule is C=CCOC(C)C(=O)OCC(=O)NC1CCCCC1. The molecular weight excluding hydrogens is 246 g/mol. The molecule has 0 radical (unpaired) electrons. The van der Waals surface area contributed by atoms with Gasteiger partial charge in [-0.1, -0.05) is 25.3 Å². The Hall–Kier alpha value is -1.36. The first-order valence-corrected chi connectivity index (χ1v) is 6.82. The van der Waals surface area contributed by atoms with Crippen molar-refractivity contribution in [2.45, 2.75) is 51.2 Å². The second kappa shape index (κ2) is 8.69. The average Bonchev–Trinajstić information content (AvgIpc) is 2.43. The van der Waals surface area contributed by atoms with Gasteiger partial charge >= 0.3 is 5.97 Å². The zero-order chi connectivity index (χ0) is 14.1. The Bertz CT molecular complexity index is 311. The highest BCUT2D eigenvalue weighted by Gasteiger charge is 2.18. The van der Waals surface area contributed by atoms with Gasteiger partial charge in [0.25, 0.3) is 5.91 Å². The minimum atomic E-state index is -0.680. The summed E-state index contributed by atoms with van der Waals surface area (Å²) in [5, 5.41) is 2.88. The summed E-state index contributed by atoms with van der Waals surface area (Å²) in [6.45, 7) is 5.12. The van der Waals surface area contributed by atoms with Crippen molar-refractivity contribution >= 4 is 11.9 Å². The van der Waals surface area contributed by atoms with Crippen molar-refractivity contribution in [3.05, 3.63) is 12.7 Å². The number of amides is 1. The van der Waals surface area contributed by atoms with E-state index in [1.807, 2.05) is 0 Å². The average molecular weight is 269 g/mol. The monoisotopic (exact) mass is 269 g/mol. The van der Waals surface area contributed by atoms with E-state index in [1.165, 1.54) is 6.42 Å². The van der Waals surface area contributed by atoms with E-state index < -0.39 is 12.1 Å². The van der Waals surface area contributed by atoms with E-state index in [0.29, 0.717) is 0 Å². The lowest BCUT2D eigenvalue weighted by Crippen LogP contribution is -2.39. The molecule has 5 nitrogen and oxygen atoms in total. The fourth-order valence-electron chi connectivity index (χ4n) is 2.05. The second-order valence-corrected chi connectivity index (χ2v) is 4.77. The molecule has 5 heteroatoms. The van der Waals surface area contributed by atoms with Gasteiger partial charge in [0.2, 0.25) is 0 Å². The Balaban J connectivity index is 2.17. The molecule has 0 saturated heterocycles. The highest BCUT2D eigenvalue weighted by atomic mass is 16.6. The molecule has 0 heterocycles. The summed E-state index contributed by atoms with van der Waals surface area (Å²) in [5.41, 5.74) is 0. The van der Waals surface area contributed by atoms with Gasteiger partial charge in [0.1, 0.15) is 0 Å². The van der Waals surface area contributed by atoms with Gasteiger partial charge in [-0.15, -0.1) is 6.58 Å². The van der Waals surface area contributed by atoms with E-state index in [0.717, 1.165) is 25.7 Å². The molecule has 0 aliphatic heterocycles. The number of nitrogens with one attached hydrogen (secondary N) is 1. The molecule has 1 aliphatic carbocycles. The van der Waals surface area contributed by atoms with Crippen LogP contribution in [0.1, 0.15) is 39.0 Å². The molecule has 0 bridgehead atoms. The number of carbonyl (C=O) groups excluding carboxylic acids is 2. The van der Waals surface area contributed by atoms with Gasteiger partial charge in [0, 0.05) is 6.04 Å². The lowest BCUT2D eigenvalue weighted by atomic mass is 9.95. The molecule has 1 saturated carbocycles. The predicted molar refractivity (Wildman–Crippen MR) is 71.6 cm³/mol. The summed E-state index contributed by atoms with van der Waals surface area (Å²) in [5.74, 6) is -0.767. The zero-order valence-corrected chi connectivity index (χ0v) is 11.5. The molecule has 1 rings (SSSR count). The second-order valence-electron chi connectivity index (χ2n) is 4.77. The molecule has 1 aliphatic rings. The molecule has 0 aromatic carbocycles. The molecule has 1 N–H and O–H groups in total. The molecule has 0 aromatic rings. The van der Waals surface area contributed by atoms with Crippen LogP contribution in [0, 0.1) is 0 Å². The summed E-state index contributed by atoms with van der Waals surface area (Å²) >= 11 is 0. The van der Waals surface area contributed by atoms with Crippen molar-refractivity contribution in [2.24, 2.45) is 0 Å². The van der Waals surface area contributed by atoms with Crippen LogP contribution in [0.2, 0.25) is 0 Å². The summed E-state index contributed by atoms with van der Waals surface area (Å²) < 4.78 is 10.0. The zero-order valence-electron chi connectivity index (χ0n) is 11.5. The van der Waals surface area contributed by atoms with Crippen LogP contribution in [0.25, 0.3) is 0 Å². The summed E-state index contributed by atoms with van der Waals surface area (Å²) in [7, 11) is 0. The van der Waals surface area contributed by atoms with Crippen molar-refractivity contribution in [1.29, 1.82) is 0 Å². The van der Waals surface area contributed by atoms with Crippen LogP contribution in [0.3, 0.4) is 0 Å². The van der Waals surface area contributed by atoms with Gasteiger partial charge in [-0.3, -0.25) is 4.79 Å². The van der Waals surface area contributed by atoms with Gasteiger partial charge in [0.05, 0.1) is 6.61 Å². The van der Waals surface area contributed by atoms with E-state index in [-0.39, 0.29) is 25.2 Å². The van der Waals surface area contributed by atoms with E-state index in [2.05, 4.69) is 11.9 Å². The van der Waals surface area contributed by atoms with Gasteiger partial charge in [-0.2, -0.15) is 0 Å². The maximum Gasteiger partial charge on any atom is 0.335 e. The Labute approximate surface area is 114 Å². The molecular formula is C14H23NO4. The number of esters is 1. The van der Waals surface area contributed by atoms with Crippen molar-refractivity contribution in [3.8, 4) is 0 Å². The van der Waals surface area contributed by atoms with Crippen LogP contribution in [0.15, 0.2) is 12.7 Å². The van der Waals surface area contributed by atoms with Gasteiger partial charge < -0.3 is 14.8 Å². The fourth-order valence-corrected chi connectivity index (χ4v) is 2.05. The summed E-state index contributed by atoms with van der Waals surface area (Å²) in [4.78, 5) is 23.1. The van der Waals surface area contributed by atoms with E-state index in [1.54, 1.807) is 13.0 Å². The minimum absolute atomic E-state index is 0.231. The first kappa shape index (κ1) is 15.7. The molecule has 1 unspecified atom stereocenters. The summed E-state index contributed by atoms with van der Waals surface area (Å²) in [6.07, 6.45) is 6.44. The lowest BCUT2D eigenvalue weighted by molar-refractivity contribution is -0.158. The van der Waals surface area contributed by atoms with Crippen LogP contribution >= 0.6 is 0 Å². The maximum atomic E-state index is 11.6. The van der Waals surface area contributed by atoms with Crippen molar-refractivity contribution in [3.63, 3.8) is 0 Å². The Kier molecular flexibility index (Phi) is 7.18. The topological polar surface area (TPSA) is 64.6 Å². The quantitative estimate of drug-likeness (QED) is 0.563. The van der Waals surface area contributed by atoms with Crippen molar-refractivity contribution in [2.75, 3.05) is 13.2 Å². The molecule has 108 valence electrons. The third kappa shape index (κ3) is 6.38. The predicted octanol–water partition coefficient (Wildman–Crippen LogP) is 1.57. The maximum absolute atomic E-state index is 11.6. The van der Waals surface area contributed by atoms with Crippen molar-refractivity contribution < 1.29 is 19.1 Å². The molecule has 0 aromatic heterocycles. The van der Waals surface area contributed by atoms with Crippen LogP contribution in [-0.4, -0.2) is 37.2 Å².